The Bertz CT molecular complexity index is 942. The Morgan fingerprint density at radius 2 is 1.30 bits per heavy atom. The van der Waals surface area contributed by atoms with Gasteiger partial charge in [-0.1, -0.05) is 91.0 Å². The summed E-state index contributed by atoms with van der Waals surface area (Å²) >= 11 is 0. The van der Waals surface area contributed by atoms with Crippen molar-refractivity contribution in [1.82, 2.24) is 5.32 Å². The molecule has 1 fully saturated rings. The van der Waals surface area contributed by atoms with Gasteiger partial charge >= 0.3 is 5.97 Å². The van der Waals surface area contributed by atoms with Crippen molar-refractivity contribution in [3.05, 3.63) is 108 Å². The van der Waals surface area contributed by atoms with E-state index < -0.39 is 23.5 Å². The average molecular weight is 402 g/mol. The van der Waals surface area contributed by atoms with E-state index in [9.17, 15) is 4.79 Å². The number of rotatable bonds is 4. The fourth-order valence-electron chi connectivity index (χ4n) is 3.85. The Morgan fingerprint density at radius 3 is 1.77 bits per heavy atom. The molecule has 1 saturated heterocycles. The highest BCUT2D eigenvalue weighted by molar-refractivity contribution is 5.78. The second-order valence-electron chi connectivity index (χ2n) is 8.52. The Balaban J connectivity index is 1.83. The number of ether oxygens (including phenoxy) is 2. The first-order valence-corrected chi connectivity index (χ1v) is 10.2. The zero-order valence-electron chi connectivity index (χ0n) is 17.5. The van der Waals surface area contributed by atoms with Crippen molar-refractivity contribution < 1.29 is 14.3 Å². The molecule has 2 atom stereocenters. The molecular weight excluding hydrogens is 374 g/mol. The van der Waals surface area contributed by atoms with Crippen LogP contribution in [0.1, 0.15) is 43.6 Å². The fourth-order valence-corrected chi connectivity index (χ4v) is 3.85. The molecule has 1 heterocycles. The lowest BCUT2D eigenvalue weighted by atomic mass is 9.94. The molecule has 3 aromatic carbocycles. The second kappa shape index (κ2) is 8.05. The molecule has 0 amide bonds. The minimum Gasteiger partial charge on any atom is -0.459 e. The maximum absolute atomic E-state index is 13.2. The van der Waals surface area contributed by atoms with Crippen LogP contribution < -0.4 is 5.32 Å². The van der Waals surface area contributed by atoms with Gasteiger partial charge in [-0.05, 0) is 26.3 Å². The number of carbonyl (C=O) groups is 1. The first kappa shape index (κ1) is 20.3. The highest BCUT2D eigenvalue weighted by Crippen LogP contribution is 2.44. The number of carbonyl (C=O) groups excluding carboxylic acids is 1. The third kappa shape index (κ3) is 4.02. The normalized spacial score (nSPS) is 20.6. The van der Waals surface area contributed by atoms with Gasteiger partial charge in [0.1, 0.15) is 17.7 Å². The van der Waals surface area contributed by atoms with E-state index in [4.69, 9.17) is 9.47 Å². The lowest BCUT2D eigenvalue weighted by Crippen LogP contribution is -2.47. The van der Waals surface area contributed by atoms with Gasteiger partial charge in [0.05, 0.1) is 0 Å². The summed E-state index contributed by atoms with van der Waals surface area (Å²) in [5, 5.41) is 3.51. The summed E-state index contributed by atoms with van der Waals surface area (Å²) < 4.78 is 12.5. The first-order valence-electron chi connectivity index (χ1n) is 10.2. The van der Waals surface area contributed by atoms with Crippen LogP contribution in [0.4, 0.5) is 0 Å². The Morgan fingerprint density at radius 1 is 0.833 bits per heavy atom. The van der Waals surface area contributed by atoms with Crippen LogP contribution in [0.5, 0.6) is 0 Å². The molecule has 0 aromatic heterocycles. The van der Waals surface area contributed by atoms with E-state index in [2.05, 4.69) is 5.32 Å². The minimum atomic E-state index is -0.968. The molecule has 154 valence electrons. The fraction of sp³-hybridized carbons (Fsp3) is 0.269. The molecule has 30 heavy (non-hydrogen) atoms. The number of esters is 1. The maximum Gasteiger partial charge on any atom is 0.326 e. The van der Waals surface area contributed by atoms with Gasteiger partial charge in [0.2, 0.25) is 0 Å². The third-order valence-corrected chi connectivity index (χ3v) is 5.11. The summed E-state index contributed by atoms with van der Waals surface area (Å²) in [5.41, 5.74) is 1.23. The van der Waals surface area contributed by atoms with E-state index in [0.29, 0.717) is 0 Å². The number of hydrogen-bond donors (Lipinski definition) is 1. The molecule has 1 N–H and O–H groups in total. The lowest BCUT2D eigenvalue weighted by molar-refractivity contribution is -0.158. The van der Waals surface area contributed by atoms with Crippen molar-refractivity contribution >= 4 is 5.97 Å². The van der Waals surface area contributed by atoms with E-state index in [-0.39, 0.29) is 5.97 Å². The van der Waals surface area contributed by atoms with E-state index in [1.807, 2.05) is 112 Å². The second-order valence-corrected chi connectivity index (χ2v) is 8.52. The largest absolute Gasteiger partial charge is 0.459 e. The van der Waals surface area contributed by atoms with Crippen molar-refractivity contribution in [3.63, 3.8) is 0 Å². The zero-order valence-corrected chi connectivity index (χ0v) is 17.5. The number of hydrogen-bond acceptors (Lipinski definition) is 4. The van der Waals surface area contributed by atoms with Crippen LogP contribution >= 0.6 is 0 Å². The molecule has 1 aliphatic heterocycles. The Labute approximate surface area is 177 Å². The van der Waals surface area contributed by atoms with Gasteiger partial charge in [0.15, 0.2) is 5.72 Å². The van der Waals surface area contributed by atoms with E-state index in [1.165, 1.54) is 0 Å². The van der Waals surface area contributed by atoms with Gasteiger partial charge in [-0.15, -0.1) is 0 Å². The van der Waals surface area contributed by atoms with Crippen LogP contribution in [0.2, 0.25) is 0 Å². The maximum atomic E-state index is 13.2. The minimum absolute atomic E-state index is 0.329. The molecule has 0 unspecified atom stereocenters. The highest BCUT2D eigenvalue weighted by atomic mass is 16.6. The van der Waals surface area contributed by atoms with Crippen molar-refractivity contribution in [2.45, 2.75) is 44.2 Å². The van der Waals surface area contributed by atoms with Gasteiger partial charge in [0, 0.05) is 11.1 Å². The summed E-state index contributed by atoms with van der Waals surface area (Å²) in [5.74, 6) is -0.329. The number of nitrogens with one attached hydrogen (secondary N) is 1. The molecule has 4 nitrogen and oxygen atoms in total. The van der Waals surface area contributed by atoms with Crippen LogP contribution in [0.3, 0.4) is 0 Å². The Hall–Kier alpha value is -2.95. The number of benzene rings is 3. The quantitative estimate of drug-likeness (QED) is 0.628. The molecule has 1 aliphatic rings. The van der Waals surface area contributed by atoms with E-state index in [1.54, 1.807) is 0 Å². The van der Waals surface area contributed by atoms with Gasteiger partial charge in [-0.3, -0.25) is 10.1 Å². The van der Waals surface area contributed by atoms with Crippen molar-refractivity contribution in [2.24, 2.45) is 0 Å². The Kier molecular flexibility index (Phi) is 5.46. The molecule has 4 heteroatoms. The van der Waals surface area contributed by atoms with Crippen LogP contribution in [0, 0.1) is 0 Å². The van der Waals surface area contributed by atoms with Gasteiger partial charge < -0.3 is 9.47 Å². The summed E-state index contributed by atoms with van der Waals surface area (Å²) in [6.45, 7) is 5.62. The average Bonchev–Trinajstić information content (AvgIpc) is 3.17. The molecule has 4 rings (SSSR count). The smallest absolute Gasteiger partial charge is 0.326 e. The first-order chi connectivity index (χ1) is 14.4. The molecular formula is C26H27NO3. The van der Waals surface area contributed by atoms with Crippen LogP contribution in [-0.2, 0) is 20.0 Å². The monoisotopic (exact) mass is 401 g/mol. The SMILES string of the molecule is CC(C)(C)OC(=O)[C@@H]1NC(c2ccccc2)(c2ccccc2)O[C@H]1c1ccccc1. The van der Waals surface area contributed by atoms with Crippen LogP contribution in [-0.4, -0.2) is 17.6 Å². The van der Waals surface area contributed by atoms with E-state index in [0.717, 1.165) is 16.7 Å². The van der Waals surface area contributed by atoms with Gasteiger partial charge in [-0.2, -0.15) is 0 Å². The van der Waals surface area contributed by atoms with E-state index >= 15 is 0 Å². The predicted octanol–water partition coefficient (Wildman–Crippen LogP) is 4.96. The standard InChI is InChI=1S/C26H27NO3/c1-25(2,3)30-24(28)22-23(19-13-7-4-8-14-19)29-26(27-22,20-15-9-5-10-16-20)21-17-11-6-12-18-21/h4-18,22-23,27H,1-3H3/t22-,23+/m1/s1. The molecule has 0 bridgehead atoms. The van der Waals surface area contributed by atoms with Crippen LogP contribution in [0.25, 0.3) is 0 Å². The van der Waals surface area contributed by atoms with Crippen molar-refractivity contribution in [1.29, 1.82) is 0 Å². The summed E-state index contributed by atoms with van der Waals surface area (Å²) in [6.07, 6.45) is -0.499. The predicted molar refractivity (Wildman–Crippen MR) is 117 cm³/mol. The summed E-state index contributed by atoms with van der Waals surface area (Å²) in [7, 11) is 0. The van der Waals surface area contributed by atoms with Gasteiger partial charge in [-0.25, -0.2) is 0 Å². The molecule has 0 radical (unpaired) electrons. The van der Waals surface area contributed by atoms with Gasteiger partial charge in [0.25, 0.3) is 0 Å². The molecule has 3 aromatic rings. The topological polar surface area (TPSA) is 47.6 Å². The van der Waals surface area contributed by atoms with Crippen molar-refractivity contribution in [3.8, 4) is 0 Å². The lowest BCUT2D eigenvalue weighted by Gasteiger charge is -2.31. The zero-order chi connectivity index (χ0) is 21.2. The molecule has 0 saturated carbocycles. The summed E-state index contributed by atoms with van der Waals surface area (Å²) in [4.78, 5) is 13.2. The molecule has 0 spiro atoms. The summed E-state index contributed by atoms with van der Waals surface area (Å²) in [6, 6.07) is 29.1. The molecule has 0 aliphatic carbocycles. The third-order valence-electron chi connectivity index (χ3n) is 5.11. The highest BCUT2D eigenvalue weighted by Gasteiger charge is 2.52. The van der Waals surface area contributed by atoms with Crippen LogP contribution in [0.15, 0.2) is 91.0 Å². The van der Waals surface area contributed by atoms with Crippen molar-refractivity contribution in [2.75, 3.05) is 0 Å².